The van der Waals surface area contributed by atoms with E-state index in [-0.39, 0.29) is 0 Å². The Morgan fingerprint density at radius 2 is 2.50 bits per heavy atom. The zero-order chi connectivity index (χ0) is 6.81. The molecule has 0 aliphatic carbocycles. The van der Waals surface area contributed by atoms with Crippen LogP contribution < -0.4 is 0 Å². The van der Waals surface area contributed by atoms with Gasteiger partial charge in [0.2, 0.25) is 0 Å². The summed E-state index contributed by atoms with van der Waals surface area (Å²) in [7, 11) is 0. The minimum atomic E-state index is 0.759. The number of aromatic nitrogens is 3. The van der Waals surface area contributed by atoms with Crippen LogP contribution in [0.4, 0.5) is 0 Å². The summed E-state index contributed by atoms with van der Waals surface area (Å²) in [5.41, 5.74) is 0. The first-order chi connectivity index (χ1) is 4.97. The second kappa shape index (κ2) is 2.06. The van der Waals surface area contributed by atoms with Gasteiger partial charge in [-0.1, -0.05) is 0 Å². The number of hydrogen-bond acceptors (Lipinski definition) is 3. The third kappa shape index (κ3) is 0.737. The summed E-state index contributed by atoms with van der Waals surface area (Å²) < 4.78 is 1.92. The van der Waals surface area contributed by atoms with Crippen LogP contribution in [0.25, 0.3) is 6.08 Å². The summed E-state index contributed by atoms with van der Waals surface area (Å²) in [5.74, 6) is 0.859. The van der Waals surface area contributed by atoms with Gasteiger partial charge in [0.25, 0.3) is 0 Å². The minimum absolute atomic E-state index is 0.759. The topological polar surface area (TPSA) is 43.1 Å². The van der Waals surface area contributed by atoms with Crippen molar-refractivity contribution in [3.8, 4) is 0 Å². The molecule has 1 aromatic heterocycles. The third-order valence-corrected chi connectivity index (χ3v) is 1.34. The summed E-state index contributed by atoms with van der Waals surface area (Å²) >= 11 is 0. The van der Waals surface area contributed by atoms with Gasteiger partial charge in [-0.25, -0.2) is 0 Å². The van der Waals surface area contributed by atoms with Crippen molar-refractivity contribution in [3.63, 3.8) is 0 Å². The van der Waals surface area contributed by atoms with Gasteiger partial charge in [0.1, 0.15) is 6.33 Å². The van der Waals surface area contributed by atoms with Crippen LogP contribution in [0.2, 0.25) is 0 Å². The van der Waals surface area contributed by atoms with Crippen molar-refractivity contribution in [2.45, 2.75) is 6.54 Å². The molecule has 0 spiro atoms. The van der Waals surface area contributed by atoms with Crippen LogP contribution >= 0.6 is 0 Å². The Morgan fingerprint density at radius 3 is 3.50 bits per heavy atom. The fourth-order valence-corrected chi connectivity index (χ4v) is 0.839. The Bertz CT molecular complexity index is 284. The first-order valence-electron chi connectivity index (χ1n) is 3.03. The minimum Gasteiger partial charge on any atom is -0.309 e. The third-order valence-electron chi connectivity index (χ3n) is 1.34. The van der Waals surface area contributed by atoms with Gasteiger partial charge in [-0.05, 0) is 0 Å². The molecule has 0 amide bonds. The first kappa shape index (κ1) is 5.34. The van der Waals surface area contributed by atoms with Crippen LogP contribution in [0.5, 0.6) is 0 Å². The van der Waals surface area contributed by atoms with Gasteiger partial charge < -0.3 is 4.57 Å². The first-order valence-corrected chi connectivity index (χ1v) is 3.03. The van der Waals surface area contributed by atoms with Crippen molar-refractivity contribution in [2.24, 2.45) is 4.99 Å². The zero-order valence-corrected chi connectivity index (χ0v) is 5.31. The maximum absolute atomic E-state index is 3.96. The van der Waals surface area contributed by atoms with Crippen molar-refractivity contribution in [1.82, 2.24) is 14.8 Å². The standard InChI is InChI=1S/C6H6N4/c1-2-7-3-4-10-5-8-9-6(1)10/h1-3,5H,4H2. The Morgan fingerprint density at radius 1 is 1.50 bits per heavy atom. The van der Waals surface area contributed by atoms with E-state index in [4.69, 9.17) is 0 Å². The molecule has 0 fully saturated rings. The molecule has 0 saturated heterocycles. The molecule has 1 aromatic rings. The lowest BCUT2D eigenvalue weighted by Crippen LogP contribution is -1.97. The molecule has 0 radical (unpaired) electrons. The van der Waals surface area contributed by atoms with Gasteiger partial charge in [-0.15, -0.1) is 10.2 Å². The Balaban J connectivity index is 2.50. The van der Waals surface area contributed by atoms with Gasteiger partial charge in [-0.3, -0.25) is 4.99 Å². The largest absolute Gasteiger partial charge is 0.309 e. The van der Waals surface area contributed by atoms with E-state index in [9.17, 15) is 0 Å². The highest BCUT2D eigenvalue weighted by Crippen LogP contribution is 1.99. The van der Waals surface area contributed by atoms with Crippen LogP contribution in [0, 0.1) is 0 Å². The highest BCUT2D eigenvalue weighted by atomic mass is 15.3. The van der Waals surface area contributed by atoms with E-state index in [1.807, 2.05) is 16.9 Å². The van der Waals surface area contributed by atoms with Crippen molar-refractivity contribution < 1.29 is 0 Å². The molecule has 50 valence electrons. The van der Waals surface area contributed by atoms with Gasteiger partial charge in [0.15, 0.2) is 5.82 Å². The Hall–Kier alpha value is -1.45. The molecule has 0 unspecified atom stereocenters. The summed E-state index contributed by atoms with van der Waals surface area (Å²) in [6, 6.07) is 0. The summed E-state index contributed by atoms with van der Waals surface area (Å²) in [5, 5.41) is 7.61. The number of fused-ring (bicyclic) bond motifs is 1. The Labute approximate surface area is 57.9 Å². The van der Waals surface area contributed by atoms with Crippen molar-refractivity contribution >= 4 is 12.3 Å². The molecule has 0 bridgehead atoms. The smallest absolute Gasteiger partial charge is 0.158 e. The molecule has 1 aliphatic rings. The van der Waals surface area contributed by atoms with Gasteiger partial charge in [-0.2, -0.15) is 0 Å². The normalized spacial score (nSPS) is 14.8. The maximum Gasteiger partial charge on any atom is 0.158 e. The molecular weight excluding hydrogens is 128 g/mol. The van der Waals surface area contributed by atoms with Crippen molar-refractivity contribution in [3.05, 3.63) is 18.4 Å². The van der Waals surface area contributed by atoms with Gasteiger partial charge in [0.05, 0.1) is 6.54 Å². The highest BCUT2D eigenvalue weighted by molar-refractivity contribution is 5.61. The average molecular weight is 134 g/mol. The number of aliphatic imine (C=N–C) groups is 1. The van der Waals surface area contributed by atoms with Crippen molar-refractivity contribution in [1.29, 1.82) is 0 Å². The molecule has 0 aromatic carbocycles. The quantitative estimate of drug-likeness (QED) is 0.513. The predicted octanol–water partition coefficient (Wildman–Crippen LogP) is 0.333. The molecule has 0 N–H and O–H groups in total. The number of hydrogen-bond donors (Lipinski definition) is 0. The van der Waals surface area contributed by atoms with Gasteiger partial charge in [0, 0.05) is 18.5 Å². The fraction of sp³-hybridized carbons (Fsp3) is 0.167. The van der Waals surface area contributed by atoms with Crippen LogP contribution in [-0.4, -0.2) is 21.0 Å². The van der Waals surface area contributed by atoms with Gasteiger partial charge >= 0.3 is 0 Å². The van der Waals surface area contributed by atoms with E-state index in [0.717, 1.165) is 12.4 Å². The lowest BCUT2D eigenvalue weighted by molar-refractivity contribution is 0.850. The van der Waals surface area contributed by atoms with Crippen LogP contribution in [0.3, 0.4) is 0 Å². The van der Waals surface area contributed by atoms with E-state index in [2.05, 4.69) is 15.2 Å². The zero-order valence-electron chi connectivity index (χ0n) is 5.31. The number of rotatable bonds is 0. The molecule has 2 heterocycles. The molecule has 10 heavy (non-hydrogen) atoms. The van der Waals surface area contributed by atoms with E-state index in [1.165, 1.54) is 0 Å². The van der Waals surface area contributed by atoms with Crippen LogP contribution in [-0.2, 0) is 6.54 Å². The lowest BCUT2D eigenvalue weighted by atomic mass is 10.5. The second-order valence-corrected chi connectivity index (χ2v) is 1.99. The maximum atomic E-state index is 3.96. The number of nitrogens with zero attached hydrogens (tertiary/aromatic N) is 4. The Kier molecular flexibility index (Phi) is 1.10. The molecule has 0 atom stereocenters. The summed E-state index contributed by atoms with van der Waals surface area (Å²) in [4.78, 5) is 3.96. The molecule has 4 heteroatoms. The van der Waals surface area contributed by atoms with E-state index in [1.54, 1.807) is 12.5 Å². The van der Waals surface area contributed by atoms with E-state index >= 15 is 0 Å². The van der Waals surface area contributed by atoms with E-state index < -0.39 is 0 Å². The summed E-state index contributed by atoms with van der Waals surface area (Å²) in [6.45, 7) is 0.759. The van der Waals surface area contributed by atoms with Crippen molar-refractivity contribution in [2.75, 3.05) is 0 Å². The predicted molar refractivity (Wildman–Crippen MR) is 37.5 cm³/mol. The molecule has 0 saturated carbocycles. The SMILES string of the molecule is C1=Cc2nncn2CC=N1. The van der Waals surface area contributed by atoms with Crippen LogP contribution in [0.15, 0.2) is 17.5 Å². The molecule has 4 nitrogen and oxygen atoms in total. The lowest BCUT2D eigenvalue weighted by Gasteiger charge is -1.93. The summed E-state index contributed by atoms with van der Waals surface area (Å²) in [6.07, 6.45) is 7.05. The second-order valence-electron chi connectivity index (χ2n) is 1.99. The fourth-order valence-electron chi connectivity index (χ4n) is 0.839. The average Bonchev–Trinajstić information content (AvgIpc) is 2.28. The molecule has 2 rings (SSSR count). The molecule has 1 aliphatic heterocycles. The van der Waals surface area contributed by atoms with E-state index in [0.29, 0.717) is 0 Å². The highest BCUT2D eigenvalue weighted by Gasteiger charge is 1.98. The van der Waals surface area contributed by atoms with Crippen LogP contribution in [0.1, 0.15) is 5.82 Å². The molecular formula is C6H6N4. The monoisotopic (exact) mass is 134 g/mol.